The first kappa shape index (κ1) is 15.3. The summed E-state index contributed by atoms with van der Waals surface area (Å²) in [7, 11) is 0. The van der Waals surface area contributed by atoms with Crippen molar-refractivity contribution in [1.82, 2.24) is 4.98 Å². The average Bonchev–Trinajstić information content (AvgIpc) is 2.60. The molecule has 1 aliphatic heterocycles. The number of hydrogen-bond acceptors (Lipinski definition) is 5. The highest BCUT2D eigenvalue weighted by atomic mass is 16.3. The van der Waals surface area contributed by atoms with Crippen molar-refractivity contribution in [3.63, 3.8) is 0 Å². The number of nitrogens with one attached hydrogen (secondary N) is 2. The number of nitrogens with zero attached hydrogens (tertiary/aromatic N) is 1. The Kier molecular flexibility index (Phi) is 3.47. The Hall–Kier alpha value is -3.25. The van der Waals surface area contributed by atoms with Crippen molar-refractivity contribution in [3.8, 4) is 11.5 Å². The summed E-state index contributed by atoms with van der Waals surface area (Å²) >= 11 is 0. The van der Waals surface area contributed by atoms with E-state index in [0.29, 0.717) is 33.6 Å². The maximum Gasteiger partial charge on any atom is 0.241 e. The molecule has 1 amide bonds. The largest absolute Gasteiger partial charge is 0.453 e. The predicted molar refractivity (Wildman–Crippen MR) is 96.3 cm³/mol. The number of amides is 1. The Balaban J connectivity index is 1.92. The third-order valence-electron chi connectivity index (χ3n) is 4.07. The van der Waals surface area contributed by atoms with E-state index in [1.54, 1.807) is 31.2 Å². The molecule has 0 fully saturated rings. The molecule has 0 saturated heterocycles. The number of hydrogen-bond donors (Lipinski definition) is 3. The second-order valence-electron chi connectivity index (χ2n) is 5.99. The van der Waals surface area contributed by atoms with Gasteiger partial charge in [-0.15, -0.1) is 0 Å². The summed E-state index contributed by atoms with van der Waals surface area (Å²) in [4.78, 5) is 16.4. The van der Waals surface area contributed by atoms with E-state index in [2.05, 4.69) is 10.3 Å². The number of aromatic nitrogens is 1. The van der Waals surface area contributed by atoms with Gasteiger partial charge < -0.3 is 20.9 Å². The van der Waals surface area contributed by atoms with Crippen LogP contribution in [0.1, 0.15) is 6.92 Å². The Morgan fingerprint density at radius 2 is 1.96 bits per heavy atom. The zero-order valence-electron chi connectivity index (χ0n) is 13.5. The number of anilines is 1. The summed E-state index contributed by atoms with van der Waals surface area (Å²) in [5.41, 5.74) is 8.08. The molecule has 2 aliphatic rings. The van der Waals surface area contributed by atoms with Gasteiger partial charge in [0.15, 0.2) is 11.3 Å². The quantitative estimate of drug-likeness (QED) is 0.388. The minimum Gasteiger partial charge on any atom is -0.453 e. The molecule has 0 spiro atoms. The molecule has 4 N–H and O–H groups in total. The highest BCUT2D eigenvalue weighted by Crippen LogP contribution is 2.30. The maximum absolute atomic E-state index is 11.7. The van der Waals surface area contributed by atoms with Crippen molar-refractivity contribution >= 4 is 33.5 Å². The number of benzene rings is 3. The fourth-order valence-corrected chi connectivity index (χ4v) is 2.79. The molecule has 1 aliphatic carbocycles. The summed E-state index contributed by atoms with van der Waals surface area (Å²) < 4.78 is 5.95. The Morgan fingerprint density at radius 3 is 2.72 bits per heavy atom. The molecule has 25 heavy (non-hydrogen) atoms. The molecule has 0 bridgehead atoms. The first-order valence-corrected chi connectivity index (χ1v) is 7.90. The monoisotopic (exact) mass is 332 g/mol. The van der Waals surface area contributed by atoms with Crippen LogP contribution in [0.25, 0.3) is 33.3 Å². The van der Waals surface area contributed by atoms with Crippen LogP contribution < -0.4 is 16.4 Å². The van der Waals surface area contributed by atoms with Crippen molar-refractivity contribution in [3.05, 3.63) is 53.9 Å². The van der Waals surface area contributed by atoms with Crippen LogP contribution >= 0.6 is 0 Å². The normalized spacial score (nSPS) is 12.6. The van der Waals surface area contributed by atoms with Gasteiger partial charge in [-0.05, 0) is 19.1 Å². The third-order valence-corrected chi connectivity index (χ3v) is 4.07. The van der Waals surface area contributed by atoms with Crippen molar-refractivity contribution in [2.75, 3.05) is 5.32 Å². The van der Waals surface area contributed by atoms with E-state index >= 15 is 0 Å². The lowest BCUT2D eigenvalue weighted by Gasteiger charge is -2.11. The standard InChI is InChI=1S/C19H16N4O2/c1-10(20)19(24)22-11-6-7-15-16(8-11)25-17-9-14(21)12-4-2-3-5-13(12)18(17)23-15/h2-10,21H,20H2,1H3,(H,22,24). The van der Waals surface area contributed by atoms with E-state index in [9.17, 15) is 4.79 Å². The van der Waals surface area contributed by atoms with Crippen LogP contribution in [-0.4, -0.2) is 16.9 Å². The summed E-state index contributed by atoms with van der Waals surface area (Å²) in [6, 6.07) is 14.0. The molecule has 1 unspecified atom stereocenters. The van der Waals surface area contributed by atoms with Crippen molar-refractivity contribution in [2.24, 2.45) is 5.73 Å². The minimum absolute atomic E-state index is 0.271. The third kappa shape index (κ3) is 2.62. The van der Waals surface area contributed by atoms with Gasteiger partial charge in [0.25, 0.3) is 0 Å². The van der Waals surface area contributed by atoms with Gasteiger partial charge in [0.1, 0.15) is 11.2 Å². The lowest BCUT2D eigenvalue weighted by atomic mass is 10.0. The second kappa shape index (κ2) is 5.68. The van der Waals surface area contributed by atoms with Gasteiger partial charge in [0.2, 0.25) is 5.91 Å². The molecule has 0 saturated carbocycles. The van der Waals surface area contributed by atoms with E-state index in [1.807, 2.05) is 24.3 Å². The van der Waals surface area contributed by atoms with Crippen LogP contribution in [0, 0.1) is 5.41 Å². The summed E-state index contributed by atoms with van der Waals surface area (Å²) in [5.74, 6) is 0.263. The van der Waals surface area contributed by atoms with Crippen molar-refractivity contribution < 1.29 is 9.21 Å². The van der Waals surface area contributed by atoms with Crippen LogP contribution in [0.4, 0.5) is 5.69 Å². The smallest absolute Gasteiger partial charge is 0.241 e. The van der Waals surface area contributed by atoms with Gasteiger partial charge in [-0.25, -0.2) is 4.98 Å². The van der Waals surface area contributed by atoms with E-state index < -0.39 is 6.04 Å². The fraction of sp³-hybridized carbons (Fsp3) is 0.105. The predicted octanol–water partition coefficient (Wildman–Crippen LogP) is 2.85. The van der Waals surface area contributed by atoms with E-state index in [4.69, 9.17) is 15.6 Å². The summed E-state index contributed by atoms with van der Waals surface area (Å²) in [6.07, 6.45) is 0. The van der Waals surface area contributed by atoms with Gasteiger partial charge in [-0.2, -0.15) is 0 Å². The molecule has 0 aromatic heterocycles. The van der Waals surface area contributed by atoms with Gasteiger partial charge in [0.05, 0.1) is 11.4 Å². The summed E-state index contributed by atoms with van der Waals surface area (Å²) in [6.45, 7) is 1.62. The minimum atomic E-state index is -0.598. The molecule has 1 atom stereocenters. The molecule has 6 nitrogen and oxygen atoms in total. The molecule has 2 aromatic carbocycles. The van der Waals surface area contributed by atoms with E-state index in [-0.39, 0.29) is 5.91 Å². The Bertz CT molecular complexity index is 1150. The molecule has 124 valence electrons. The number of rotatable bonds is 2. The highest BCUT2D eigenvalue weighted by Gasteiger charge is 2.15. The highest BCUT2D eigenvalue weighted by molar-refractivity contribution is 5.98. The van der Waals surface area contributed by atoms with Gasteiger partial charge in [-0.1, -0.05) is 24.3 Å². The zero-order valence-corrected chi connectivity index (χ0v) is 13.5. The van der Waals surface area contributed by atoms with E-state index in [0.717, 1.165) is 10.8 Å². The van der Waals surface area contributed by atoms with Crippen molar-refractivity contribution in [2.45, 2.75) is 13.0 Å². The zero-order chi connectivity index (χ0) is 17.6. The number of fused-ring (bicyclic) bond motifs is 4. The van der Waals surface area contributed by atoms with Crippen molar-refractivity contribution in [1.29, 1.82) is 5.41 Å². The first-order chi connectivity index (χ1) is 12.0. The molecular weight excluding hydrogens is 316 g/mol. The lowest BCUT2D eigenvalue weighted by Crippen LogP contribution is -2.32. The SMILES string of the molecule is CC(N)C(=O)Nc1ccc2nc3c4ccccc4c(=N)cc-3oc2c1. The lowest BCUT2D eigenvalue weighted by molar-refractivity contribution is -0.117. The maximum atomic E-state index is 11.7. The Morgan fingerprint density at radius 1 is 1.20 bits per heavy atom. The number of carbonyl (C=O) groups excluding carboxylic acids is 1. The average molecular weight is 332 g/mol. The molecule has 6 heteroatoms. The van der Waals surface area contributed by atoms with E-state index in [1.165, 1.54) is 0 Å². The molecule has 2 aromatic rings. The molecule has 4 rings (SSSR count). The number of carbonyl (C=O) groups is 1. The van der Waals surface area contributed by atoms with Gasteiger partial charge >= 0.3 is 0 Å². The fourth-order valence-electron chi connectivity index (χ4n) is 2.79. The van der Waals surface area contributed by atoms with Gasteiger partial charge in [0, 0.05) is 28.6 Å². The van der Waals surface area contributed by atoms with Crippen LogP contribution in [0.15, 0.2) is 52.9 Å². The van der Waals surface area contributed by atoms with Crippen LogP contribution in [0.3, 0.4) is 0 Å². The molecule has 1 heterocycles. The molecule has 0 radical (unpaired) electrons. The first-order valence-electron chi connectivity index (χ1n) is 7.90. The van der Waals surface area contributed by atoms with Gasteiger partial charge in [-0.3, -0.25) is 4.79 Å². The topological polar surface area (TPSA) is 105 Å². The van der Waals surface area contributed by atoms with Crippen LogP contribution in [-0.2, 0) is 4.79 Å². The Labute approximate surface area is 143 Å². The molecular formula is C19H16N4O2. The van der Waals surface area contributed by atoms with Crippen LogP contribution in [0.5, 0.6) is 0 Å². The number of nitrogens with two attached hydrogens (primary N) is 1. The van der Waals surface area contributed by atoms with Crippen LogP contribution in [0.2, 0.25) is 0 Å². The second-order valence-corrected chi connectivity index (χ2v) is 5.99. The summed E-state index contributed by atoms with van der Waals surface area (Å²) in [5, 5.41) is 13.0.